The van der Waals surface area contributed by atoms with Gasteiger partial charge < -0.3 is 10.2 Å². The normalized spacial score (nSPS) is 19.9. The monoisotopic (exact) mass is 255 g/mol. The summed E-state index contributed by atoms with van der Waals surface area (Å²) in [7, 11) is 0. The third-order valence-corrected chi connectivity index (χ3v) is 3.78. The van der Waals surface area contributed by atoms with E-state index in [9.17, 15) is 4.79 Å². The zero-order chi connectivity index (χ0) is 13.5. The van der Waals surface area contributed by atoms with Gasteiger partial charge in [-0.3, -0.25) is 4.90 Å². The Morgan fingerprint density at radius 1 is 1.39 bits per heavy atom. The van der Waals surface area contributed by atoms with Crippen molar-refractivity contribution in [3.8, 4) is 0 Å². The minimum atomic E-state index is 0.116. The number of hydrogen-bond acceptors (Lipinski definition) is 2. The van der Waals surface area contributed by atoms with E-state index in [1.54, 1.807) is 0 Å². The van der Waals surface area contributed by atoms with E-state index in [-0.39, 0.29) is 6.03 Å². The summed E-state index contributed by atoms with van der Waals surface area (Å²) in [5.41, 5.74) is 0. The van der Waals surface area contributed by atoms with Crippen LogP contribution in [0.3, 0.4) is 0 Å². The van der Waals surface area contributed by atoms with Crippen LogP contribution < -0.4 is 5.32 Å². The molecule has 1 unspecified atom stereocenters. The highest BCUT2D eigenvalue weighted by atomic mass is 16.2. The van der Waals surface area contributed by atoms with Gasteiger partial charge in [-0.2, -0.15) is 0 Å². The molecule has 4 heteroatoms. The zero-order valence-electron chi connectivity index (χ0n) is 12.4. The van der Waals surface area contributed by atoms with E-state index in [2.05, 4.69) is 37.9 Å². The zero-order valence-corrected chi connectivity index (χ0v) is 12.4. The molecule has 1 rings (SSSR count). The highest BCUT2D eigenvalue weighted by Crippen LogP contribution is 2.15. The summed E-state index contributed by atoms with van der Waals surface area (Å²) in [5.74, 6) is 0.646. The fourth-order valence-electron chi connectivity index (χ4n) is 2.54. The van der Waals surface area contributed by atoms with E-state index in [4.69, 9.17) is 0 Å². The first-order valence-electron chi connectivity index (χ1n) is 7.35. The second-order valence-corrected chi connectivity index (χ2v) is 5.52. The number of rotatable bonds is 6. The molecule has 1 N–H and O–H groups in total. The maximum atomic E-state index is 12.0. The van der Waals surface area contributed by atoms with E-state index in [1.165, 1.54) is 0 Å². The fourth-order valence-corrected chi connectivity index (χ4v) is 2.54. The van der Waals surface area contributed by atoms with Crippen LogP contribution in [0.15, 0.2) is 0 Å². The van der Waals surface area contributed by atoms with Crippen molar-refractivity contribution in [1.82, 2.24) is 15.1 Å². The Bertz CT molecular complexity index is 251. The first-order chi connectivity index (χ1) is 8.58. The van der Waals surface area contributed by atoms with E-state index in [0.29, 0.717) is 12.0 Å². The summed E-state index contributed by atoms with van der Waals surface area (Å²) < 4.78 is 0. The Morgan fingerprint density at radius 3 is 2.61 bits per heavy atom. The molecule has 0 radical (unpaired) electrons. The molecule has 1 atom stereocenters. The molecule has 1 aliphatic rings. The van der Waals surface area contributed by atoms with Gasteiger partial charge in [-0.1, -0.05) is 27.7 Å². The number of urea groups is 1. The molecule has 0 spiro atoms. The Morgan fingerprint density at radius 2 is 2.06 bits per heavy atom. The Kier molecular flexibility index (Phi) is 6.47. The van der Waals surface area contributed by atoms with Crippen LogP contribution in [0, 0.1) is 5.92 Å². The average Bonchev–Trinajstić information content (AvgIpc) is 2.79. The summed E-state index contributed by atoms with van der Waals surface area (Å²) in [4.78, 5) is 16.4. The molecule has 0 aromatic carbocycles. The van der Waals surface area contributed by atoms with Crippen LogP contribution in [0.5, 0.6) is 0 Å². The van der Waals surface area contributed by atoms with Crippen LogP contribution in [-0.4, -0.2) is 54.6 Å². The quantitative estimate of drug-likeness (QED) is 0.789. The van der Waals surface area contributed by atoms with Gasteiger partial charge in [-0.15, -0.1) is 0 Å². The van der Waals surface area contributed by atoms with Crippen molar-refractivity contribution in [1.29, 1.82) is 0 Å². The second kappa shape index (κ2) is 7.62. The predicted octanol–water partition coefficient (Wildman–Crippen LogP) is 2.16. The van der Waals surface area contributed by atoms with Gasteiger partial charge in [0, 0.05) is 25.7 Å². The summed E-state index contributed by atoms with van der Waals surface area (Å²) in [6.07, 6.45) is 2.17. The Balaban J connectivity index is 2.30. The van der Waals surface area contributed by atoms with Crippen LogP contribution in [0.25, 0.3) is 0 Å². The molecule has 1 heterocycles. The van der Waals surface area contributed by atoms with Crippen molar-refractivity contribution < 1.29 is 4.79 Å². The standard InChI is InChI=1S/C14H29N3O/c1-5-16(6-2)13-8-10-17(11-13)14(18)15-9-7-12(3)4/h12-13H,5-11H2,1-4H3,(H,15,18). The maximum Gasteiger partial charge on any atom is 0.317 e. The van der Waals surface area contributed by atoms with E-state index >= 15 is 0 Å². The van der Waals surface area contributed by atoms with Crippen LogP contribution >= 0.6 is 0 Å². The number of carbonyl (C=O) groups is 1. The summed E-state index contributed by atoms with van der Waals surface area (Å²) in [6.45, 7) is 13.5. The van der Waals surface area contributed by atoms with Gasteiger partial charge in [0.2, 0.25) is 0 Å². The number of nitrogens with zero attached hydrogens (tertiary/aromatic N) is 2. The van der Waals surface area contributed by atoms with Gasteiger partial charge in [-0.05, 0) is 31.8 Å². The highest BCUT2D eigenvalue weighted by Gasteiger charge is 2.28. The van der Waals surface area contributed by atoms with Crippen LogP contribution in [0.2, 0.25) is 0 Å². The number of amides is 2. The molecule has 2 amide bonds. The van der Waals surface area contributed by atoms with Gasteiger partial charge in [0.1, 0.15) is 0 Å². The third-order valence-electron chi connectivity index (χ3n) is 3.78. The molecule has 1 saturated heterocycles. The lowest BCUT2D eigenvalue weighted by molar-refractivity contribution is 0.192. The Hall–Kier alpha value is -0.770. The number of carbonyl (C=O) groups excluding carboxylic acids is 1. The van der Waals surface area contributed by atoms with Crippen LogP contribution in [-0.2, 0) is 0 Å². The van der Waals surface area contributed by atoms with Gasteiger partial charge in [0.05, 0.1) is 0 Å². The van der Waals surface area contributed by atoms with Crippen molar-refractivity contribution in [2.45, 2.75) is 46.6 Å². The molecule has 18 heavy (non-hydrogen) atoms. The fraction of sp³-hybridized carbons (Fsp3) is 0.929. The van der Waals surface area contributed by atoms with Crippen LogP contribution in [0.1, 0.15) is 40.5 Å². The van der Waals surface area contributed by atoms with E-state index in [0.717, 1.165) is 45.6 Å². The van der Waals surface area contributed by atoms with Crippen molar-refractivity contribution in [3.05, 3.63) is 0 Å². The van der Waals surface area contributed by atoms with Gasteiger partial charge in [0.15, 0.2) is 0 Å². The minimum Gasteiger partial charge on any atom is -0.338 e. The third kappa shape index (κ3) is 4.48. The van der Waals surface area contributed by atoms with E-state index in [1.807, 2.05) is 4.90 Å². The molecule has 106 valence electrons. The maximum absolute atomic E-state index is 12.0. The molecule has 0 saturated carbocycles. The summed E-state index contributed by atoms with van der Waals surface area (Å²) >= 11 is 0. The molecule has 0 bridgehead atoms. The number of hydrogen-bond donors (Lipinski definition) is 1. The Labute approximate surface area is 112 Å². The molecule has 0 aliphatic carbocycles. The second-order valence-electron chi connectivity index (χ2n) is 5.52. The summed E-state index contributed by atoms with van der Waals surface area (Å²) in [5, 5.41) is 3.02. The van der Waals surface area contributed by atoms with Gasteiger partial charge in [-0.25, -0.2) is 4.79 Å². The molecule has 1 aliphatic heterocycles. The first-order valence-corrected chi connectivity index (χ1v) is 7.35. The smallest absolute Gasteiger partial charge is 0.317 e. The van der Waals surface area contributed by atoms with Crippen molar-refractivity contribution >= 4 is 6.03 Å². The largest absolute Gasteiger partial charge is 0.338 e. The molecular weight excluding hydrogens is 226 g/mol. The lowest BCUT2D eigenvalue weighted by Gasteiger charge is -2.26. The number of likely N-dealkylation sites (N-methyl/N-ethyl adjacent to an activating group) is 1. The molecule has 0 aromatic heterocycles. The summed E-state index contributed by atoms with van der Waals surface area (Å²) in [6, 6.07) is 0.668. The number of nitrogens with one attached hydrogen (secondary N) is 1. The average molecular weight is 255 g/mol. The lowest BCUT2D eigenvalue weighted by Crippen LogP contribution is -2.42. The topological polar surface area (TPSA) is 35.6 Å². The van der Waals surface area contributed by atoms with Gasteiger partial charge >= 0.3 is 6.03 Å². The van der Waals surface area contributed by atoms with Crippen molar-refractivity contribution in [3.63, 3.8) is 0 Å². The van der Waals surface area contributed by atoms with E-state index < -0.39 is 0 Å². The van der Waals surface area contributed by atoms with Crippen LogP contribution in [0.4, 0.5) is 4.79 Å². The molecule has 0 aromatic rings. The lowest BCUT2D eigenvalue weighted by atomic mass is 10.1. The first kappa shape index (κ1) is 15.3. The predicted molar refractivity (Wildman–Crippen MR) is 75.8 cm³/mol. The molecule has 4 nitrogen and oxygen atoms in total. The number of likely N-dealkylation sites (tertiary alicyclic amines) is 1. The molecular formula is C14H29N3O. The highest BCUT2D eigenvalue weighted by molar-refractivity contribution is 5.74. The minimum absolute atomic E-state index is 0.116. The molecule has 1 fully saturated rings. The van der Waals surface area contributed by atoms with Crippen molar-refractivity contribution in [2.24, 2.45) is 5.92 Å². The SMILES string of the molecule is CCN(CC)C1CCN(C(=O)NCCC(C)C)C1. The van der Waals surface area contributed by atoms with Crippen molar-refractivity contribution in [2.75, 3.05) is 32.7 Å². The van der Waals surface area contributed by atoms with Gasteiger partial charge in [0.25, 0.3) is 0 Å².